The summed E-state index contributed by atoms with van der Waals surface area (Å²) >= 11 is 0. The Morgan fingerprint density at radius 3 is 1.96 bits per heavy atom. The molecule has 0 bridgehead atoms. The summed E-state index contributed by atoms with van der Waals surface area (Å²) in [7, 11) is 0. The van der Waals surface area contributed by atoms with Crippen LogP contribution in [0.2, 0.25) is 0 Å². The Morgan fingerprint density at radius 1 is 1.04 bits per heavy atom. The first-order valence-electron chi connectivity index (χ1n) is 8.85. The molecule has 3 rings (SSSR count). The quantitative estimate of drug-likeness (QED) is 0.342. The fourth-order valence-electron chi connectivity index (χ4n) is 2.36. The van der Waals surface area contributed by atoms with Crippen molar-refractivity contribution in [3.8, 4) is 0 Å². The number of piperazine rings is 1. The summed E-state index contributed by atoms with van der Waals surface area (Å²) in [6.45, 7) is 1.95. The highest BCUT2D eigenvalue weighted by molar-refractivity contribution is 6.35. The Kier molecular flexibility index (Phi) is 10.2. The molecule has 10 heteroatoms. The van der Waals surface area contributed by atoms with Gasteiger partial charge in [0.1, 0.15) is 12.1 Å². The van der Waals surface area contributed by atoms with Gasteiger partial charge in [-0.15, -0.1) is 0 Å². The van der Waals surface area contributed by atoms with Crippen molar-refractivity contribution < 1.29 is 29.4 Å². The third-order valence-electron chi connectivity index (χ3n) is 3.88. The van der Waals surface area contributed by atoms with Crippen molar-refractivity contribution in [2.24, 2.45) is 5.73 Å². The van der Waals surface area contributed by atoms with E-state index in [0.717, 1.165) is 24.9 Å². The highest BCUT2D eigenvalue weighted by Gasteiger charge is 2.20. The summed E-state index contributed by atoms with van der Waals surface area (Å²) in [6, 6.07) is 8.28. The standard InChI is InChI=1S/C9H11NO2.C5H9NO2.C4H6N2O2/c10-8(9(11)12)6-7-4-2-1-3-5-7;7-5(8)4-2-1-3-6-4;7-3-4(8)6-2-1-5-3/h1-5,8H,6,10H2,(H,11,12);4,6H,1-3H2,(H,7,8);1-2H2,(H,5,7)(H,6,8)/t8-;4-;/m00./s1. The number of hydrogen-bond donors (Lipinski definition) is 6. The van der Waals surface area contributed by atoms with E-state index in [1.165, 1.54) is 0 Å². The normalized spacial score (nSPS) is 19.0. The van der Waals surface area contributed by atoms with E-state index < -0.39 is 29.8 Å². The van der Waals surface area contributed by atoms with Crippen LogP contribution in [0, 0.1) is 0 Å². The monoisotopic (exact) mass is 394 g/mol. The minimum absolute atomic E-state index is 0.269. The van der Waals surface area contributed by atoms with Gasteiger partial charge in [0.15, 0.2) is 0 Å². The molecule has 28 heavy (non-hydrogen) atoms. The van der Waals surface area contributed by atoms with Crippen molar-refractivity contribution in [3.63, 3.8) is 0 Å². The lowest BCUT2D eigenvalue weighted by Crippen LogP contribution is -2.49. The van der Waals surface area contributed by atoms with E-state index in [-0.39, 0.29) is 6.04 Å². The van der Waals surface area contributed by atoms with Crippen LogP contribution in [0.25, 0.3) is 0 Å². The lowest BCUT2D eigenvalue weighted by atomic mass is 10.1. The molecule has 10 nitrogen and oxygen atoms in total. The van der Waals surface area contributed by atoms with Crippen LogP contribution in [0.5, 0.6) is 0 Å². The van der Waals surface area contributed by atoms with E-state index in [2.05, 4.69) is 16.0 Å². The second kappa shape index (κ2) is 12.4. The van der Waals surface area contributed by atoms with E-state index in [9.17, 15) is 19.2 Å². The van der Waals surface area contributed by atoms with Crippen molar-refractivity contribution in [3.05, 3.63) is 35.9 Å². The van der Waals surface area contributed by atoms with Crippen LogP contribution >= 0.6 is 0 Å². The molecule has 2 saturated heterocycles. The fourth-order valence-corrected chi connectivity index (χ4v) is 2.36. The van der Waals surface area contributed by atoms with Gasteiger partial charge in [0.05, 0.1) is 0 Å². The molecule has 0 spiro atoms. The highest BCUT2D eigenvalue weighted by Crippen LogP contribution is 2.03. The average molecular weight is 394 g/mol. The Balaban J connectivity index is 0.000000217. The van der Waals surface area contributed by atoms with E-state index >= 15 is 0 Å². The van der Waals surface area contributed by atoms with Gasteiger partial charge in [-0.1, -0.05) is 30.3 Å². The number of carboxylic acid groups (broad SMARTS) is 2. The summed E-state index contributed by atoms with van der Waals surface area (Å²) < 4.78 is 0. The molecule has 2 atom stereocenters. The third-order valence-corrected chi connectivity index (χ3v) is 3.88. The second-order valence-electron chi connectivity index (χ2n) is 6.13. The largest absolute Gasteiger partial charge is 0.480 e. The van der Waals surface area contributed by atoms with Gasteiger partial charge in [-0.3, -0.25) is 19.2 Å². The molecule has 2 fully saturated rings. The molecule has 2 amide bonds. The van der Waals surface area contributed by atoms with Gasteiger partial charge in [-0.2, -0.15) is 0 Å². The van der Waals surface area contributed by atoms with Crippen LogP contribution in [-0.4, -0.2) is 65.7 Å². The van der Waals surface area contributed by atoms with E-state index in [4.69, 9.17) is 15.9 Å². The molecule has 7 N–H and O–H groups in total. The minimum Gasteiger partial charge on any atom is -0.480 e. The maximum atomic E-state index is 10.4. The van der Waals surface area contributed by atoms with Gasteiger partial charge in [0, 0.05) is 13.1 Å². The number of hydrogen-bond acceptors (Lipinski definition) is 6. The molecular weight excluding hydrogens is 368 g/mol. The lowest BCUT2D eigenvalue weighted by molar-refractivity contribution is -0.140. The first-order chi connectivity index (χ1) is 13.3. The predicted octanol–water partition coefficient (Wildman–Crippen LogP) is -1.30. The molecule has 0 saturated carbocycles. The number of amides is 2. The zero-order valence-electron chi connectivity index (χ0n) is 15.4. The fraction of sp³-hybridized carbons (Fsp3) is 0.444. The van der Waals surface area contributed by atoms with E-state index in [1.807, 2.05) is 30.3 Å². The van der Waals surface area contributed by atoms with Crippen LogP contribution in [0.1, 0.15) is 18.4 Å². The highest BCUT2D eigenvalue weighted by atomic mass is 16.4. The predicted molar refractivity (Wildman–Crippen MR) is 100 cm³/mol. The molecule has 154 valence electrons. The number of nitrogens with one attached hydrogen (secondary N) is 3. The lowest BCUT2D eigenvalue weighted by Gasteiger charge is -2.10. The SMILES string of the molecule is N[C@@H](Cc1ccccc1)C(=O)O.O=C(O)[C@@H]1CCCN1.O=C1NCCNC1=O. The number of carbonyl (C=O) groups excluding carboxylic acids is 2. The summed E-state index contributed by atoms with van der Waals surface area (Å²) in [4.78, 5) is 41.1. The molecule has 2 heterocycles. The van der Waals surface area contributed by atoms with Gasteiger partial charge in [-0.25, -0.2) is 0 Å². The number of aliphatic carboxylic acids is 2. The van der Waals surface area contributed by atoms with E-state index in [0.29, 0.717) is 19.5 Å². The number of rotatable bonds is 4. The zero-order valence-corrected chi connectivity index (χ0v) is 15.4. The zero-order chi connectivity index (χ0) is 20.9. The van der Waals surface area contributed by atoms with Crippen molar-refractivity contribution in [1.29, 1.82) is 0 Å². The number of nitrogens with two attached hydrogens (primary N) is 1. The van der Waals surface area contributed by atoms with Crippen LogP contribution in [0.15, 0.2) is 30.3 Å². The number of benzene rings is 1. The molecule has 0 unspecified atom stereocenters. The van der Waals surface area contributed by atoms with Gasteiger partial charge < -0.3 is 31.9 Å². The van der Waals surface area contributed by atoms with Crippen LogP contribution in [0.3, 0.4) is 0 Å². The first kappa shape index (κ1) is 23.1. The van der Waals surface area contributed by atoms with Crippen molar-refractivity contribution >= 4 is 23.8 Å². The van der Waals surface area contributed by atoms with Crippen LogP contribution in [0.4, 0.5) is 0 Å². The summed E-state index contributed by atoms with van der Waals surface area (Å²) in [5, 5.41) is 24.5. The molecule has 0 aromatic heterocycles. The van der Waals surface area contributed by atoms with Gasteiger partial charge in [-0.05, 0) is 31.4 Å². The Bertz CT molecular complexity index is 645. The van der Waals surface area contributed by atoms with Gasteiger partial charge >= 0.3 is 23.8 Å². The minimum atomic E-state index is -0.959. The molecule has 0 radical (unpaired) electrons. The Morgan fingerprint density at radius 2 is 1.61 bits per heavy atom. The van der Waals surface area contributed by atoms with Crippen molar-refractivity contribution in [2.75, 3.05) is 19.6 Å². The van der Waals surface area contributed by atoms with Crippen molar-refractivity contribution in [1.82, 2.24) is 16.0 Å². The van der Waals surface area contributed by atoms with Crippen molar-refractivity contribution in [2.45, 2.75) is 31.3 Å². The molecule has 1 aromatic carbocycles. The second-order valence-corrected chi connectivity index (χ2v) is 6.13. The molecule has 1 aromatic rings. The average Bonchev–Trinajstić information content (AvgIpc) is 3.21. The molecular formula is C18H26N4O6. The van der Waals surface area contributed by atoms with Gasteiger partial charge in [0.25, 0.3) is 0 Å². The van der Waals surface area contributed by atoms with E-state index in [1.54, 1.807) is 0 Å². The topological polar surface area (TPSA) is 171 Å². The molecule has 2 aliphatic heterocycles. The number of carbonyl (C=O) groups is 4. The first-order valence-corrected chi connectivity index (χ1v) is 8.85. The van der Waals surface area contributed by atoms with Gasteiger partial charge in [0.2, 0.25) is 0 Å². The smallest absolute Gasteiger partial charge is 0.320 e. The summed E-state index contributed by atoms with van der Waals surface area (Å²) in [5.74, 6) is -2.74. The van der Waals surface area contributed by atoms with Crippen LogP contribution in [-0.2, 0) is 25.6 Å². The molecule has 0 aliphatic carbocycles. The Labute approximate surface area is 162 Å². The Hall–Kier alpha value is -2.98. The maximum absolute atomic E-state index is 10.4. The number of carboxylic acids is 2. The molecule has 2 aliphatic rings. The third kappa shape index (κ3) is 9.10. The summed E-state index contributed by atoms with van der Waals surface area (Å²) in [6.07, 6.45) is 2.17. The summed E-state index contributed by atoms with van der Waals surface area (Å²) in [5.41, 5.74) is 6.30. The van der Waals surface area contributed by atoms with Crippen LogP contribution < -0.4 is 21.7 Å². The maximum Gasteiger partial charge on any atom is 0.320 e.